The van der Waals surface area contributed by atoms with E-state index in [1.54, 1.807) is 36.4 Å². The summed E-state index contributed by atoms with van der Waals surface area (Å²) >= 11 is 0. The van der Waals surface area contributed by atoms with E-state index in [9.17, 15) is 14.4 Å². The van der Waals surface area contributed by atoms with E-state index in [1.165, 1.54) is 0 Å². The first kappa shape index (κ1) is 24.7. The molecule has 0 fully saturated rings. The van der Waals surface area contributed by atoms with E-state index in [2.05, 4.69) is 36.7 Å². The van der Waals surface area contributed by atoms with Gasteiger partial charge in [-0.25, -0.2) is 0 Å². The second kappa shape index (κ2) is 10.8. The molecular weight excluding hydrogens is 426 g/mol. The Morgan fingerprint density at radius 2 is 1.03 bits per heavy atom. The molecule has 3 aromatic rings. The number of rotatable bonds is 7. The smallest absolute Gasteiger partial charge is 0.255 e. The van der Waals surface area contributed by atoms with Crippen molar-refractivity contribution in [2.24, 2.45) is 0 Å². The highest BCUT2D eigenvalue weighted by molar-refractivity contribution is 6.04. The fraction of sp³-hybridized carbons (Fsp3) is 0.250. The van der Waals surface area contributed by atoms with Gasteiger partial charge in [0, 0.05) is 35.5 Å². The predicted molar refractivity (Wildman–Crippen MR) is 135 cm³/mol. The van der Waals surface area contributed by atoms with Crippen molar-refractivity contribution in [2.75, 3.05) is 18.4 Å². The zero-order valence-electron chi connectivity index (χ0n) is 20.1. The summed E-state index contributed by atoms with van der Waals surface area (Å²) in [6, 6.07) is 21.5. The molecule has 34 heavy (non-hydrogen) atoms. The summed E-state index contributed by atoms with van der Waals surface area (Å²) in [5.41, 5.74) is 4.51. The highest BCUT2D eigenvalue weighted by Gasteiger charge is 2.14. The van der Waals surface area contributed by atoms with E-state index < -0.39 is 0 Å². The lowest BCUT2D eigenvalue weighted by molar-refractivity contribution is 0.0927. The molecule has 3 N–H and O–H groups in total. The van der Waals surface area contributed by atoms with Gasteiger partial charge in [-0.1, -0.05) is 50.6 Å². The van der Waals surface area contributed by atoms with Crippen LogP contribution in [0.2, 0.25) is 0 Å². The standard InChI is InChI=1S/C28H31N3O3/c1-19-5-7-22(8-6-19)27(34)31-24-15-11-21(12-16-24)26(33)30-18-17-29-25(32)20-9-13-23(14-10-20)28(2,3)4/h5-16H,17-18H2,1-4H3,(H,29,32)(H,30,33)(H,31,34). The van der Waals surface area contributed by atoms with E-state index >= 15 is 0 Å². The maximum absolute atomic E-state index is 12.4. The lowest BCUT2D eigenvalue weighted by Crippen LogP contribution is -2.34. The van der Waals surface area contributed by atoms with Gasteiger partial charge in [0.1, 0.15) is 0 Å². The van der Waals surface area contributed by atoms with Gasteiger partial charge >= 0.3 is 0 Å². The topological polar surface area (TPSA) is 87.3 Å². The third-order valence-corrected chi connectivity index (χ3v) is 5.43. The lowest BCUT2D eigenvalue weighted by Gasteiger charge is -2.19. The molecular formula is C28H31N3O3. The number of carbonyl (C=O) groups excluding carboxylic acids is 3. The molecule has 6 nitrogen and oxygen atoms in total. The number of amides is 3. The Morgan fingerprint density at radius 1 is 0.618 bits per heavy atom. The first-order chi connectivity index (χ1) is 16.1. The number of benzene rings is 3. The summed E-state index contributed by atoms with van der Waals surface area (Å²) in [4.78, 5) is 37.0. The molecule has 0 heterocycles. The molecule has 0 aliphatic heterocycles. The van der Waals surface area contributed by atoms with Crippen molar-refractivity contribution in [1.29, 1.82) is 0 Å². The summed E-state index contributed by atoms with van der Waals surface area (Å²) in [7, 11) is 0. The van der Waals surface area contributed by atoms with E-state index in [0.717, 1.165) is 11.1 Å². The van der Waals surface area contributed by atoms with Gasteiger partial charge in [0.15, 0.2) is 0 Å². The van der Waals surface area contributed by atoms with Crippen LogP contribution in [0.5, 0.6) is 0 Å². The van der Waals surface area contributed by atoms with Gasteiger partial charge in [0.2, 0.25) is 0 Å². The molecule has 3 rings (SSSR count). The van der Waals surface area contributed by atoms with Crippen LogP contribution in [0.1, 0.15) is 63.0 Å². The van der Waals surface area contributed by atoms with E-state index in [4.69, 9.17) is 0 Å². The quantitative estimate of drug-likeness (QED) is 0.449. The lowest BCUT2D eigenvalue weighted by atomic mass is 9.87. The number of carbonyl (C=O) groups is 3. The summed E-state index contributed by atoms with van der Waals surface area (Å²) in [6.45, 7) is 8.96. The molecule has 0 radical (unpaired) electrons. The van der Waals surface area contributed by atoms with Crippen molar-refractivity contribution in [3.8, 4) is 0 Å². The van der Waals surface area contributed by atoms with E-state index in [0.29, 0.717) is 35.5 Å². The normalized spacial score (nSPS) is 10.9. The van der Waals surface area contributed by atoms with Gasteiger partial charge in [-0.2, -0.15) is 0 Å². The molecule has 6 heteroatoms. The Hall–Kier alpha value is -3.93. The van der Waals surface area contributed by atoms with Gasteiger partial charge in [0.05, 0.1) is 0 Å². The second-order valence-electron chi connectivity index (χ2n) is 9.24. The Kier molecular flexibility index (Phi) is 7.84. The van der Waals surface area contributed by atoms with Gasteiger partial charge in [-0.15, -0.1) is 0 Å². The molecule has 0 aliphatic carbocycles. The number of anilines is 1. The Balaban J connectivity index is 1.43. The summed E-state index contributed by atoms with van der Waals surface area (Å²) < 4.78 is 0. The highest BCUT2D eigenvalue weighted by atomic mass is 16.2. The Morgan fingerprint density at radius 3 is 1.50 bits per heavy atom. The maximum Gasteiger partial charge on any atom is 0.255 e. The van der Waals surface area contributed by atoms with Gasteiger partial charge in [-0.05, 0) is 66.4 Å². The van der Waals surface area contributed by atoms with Crippen molar-refractivity contribution in [1.82, 2.24) is 10.6 Å². The third-order valence-electron chi connectivity index (χ3n) is 5.43. The van der Waals surface area contributed by atoms with Crippen LogP contribution in [0.3, 0.4) is 0 Å². The van der Waals surface area contributed by atoms with Crippen LogP contribution in [-0.4, -0.2) is 30.8 Å². The monoisotopic (exact) mass is 457 g/mol. The molecule has 0 bridgehead atoms. The Labute approximate surface area is 200 Å². The van der Waals surface area contributed by atoms with Crippen LogP contribution < -0.4 is 16.0 Å². The first-order valence-electron chi connectivity index (χ1n) is 11.3. The molecule has 0 spiro atoms. The minimum absolute atomic E-state index is 0.0319. The molecule has 0 aliphatic rings. The summed E-state index contributed by atoms with van der Waals surface area (Å²) in [5, 5.41) is 8.42. The fourth-order valence-electron chi connectivity index (χ4n) is 3.29. The highest BCUT2D eigenvalue weighted by Crippen LogP contribution is 2.22. The van der Waals surface area contributed by atoms with Crippen molar-refractivity contribution < 1.29 is 14.4 Å². The van der Waals surface area contributed by atoms with Crippen LogP contribution in [0.4, 0.5) is 5.69 Å². The molecule has 3 amide bonds. The van der Waals surface area contributed by atoms with Crippen LogP contribution in [-0.2, 0) is 5.41 Å². The maximum atomic E-state index is 12.4. The first-order valence-corrected chi connectivity index (χ1v) is 11.3. The molecule has 176 valence electrons. The van der Waals surface area contributed by atoms with Crippen LogP contribution in [0.15, 0.2) is 72.8 Å². The molecule has 0 atom stereocenters. The van der Waals surface area contributed by atoms with Crippen LogP contribution in [0.25, 0.3) is 0 Å². The SMILES string of the molecule is Cc1ccc(C(=O)Nc2ccc(C(=O)NCCNC(=O)c3ccc(C(C)(C)C)cc3)cc2)cc1. The van der Waals surface area contributed by atoms with E-state index in [1.807, 2.05) is 43.3 Å². The van der Waals surface area contributed by atoms with Crippen molar-refractivity contribution >= 4 is 23.4 Å². The number of aryl methyl sites for hydroxylation is 1. The fourth-order valence-corrected chi connectivity index (χ4v) is 3.29. The van der Waals surface area contributed by atoms with Gasteiger partial charge < -0.3 is 16.0 Å². The summed E-state index contributed by atoms with van der Waals surface area (Å²) in [6.07, 6.45) is 0. The van der Waals surface area contributed by atoms with Crippen molar-refractivity contribution in [3.05, 3.63) is 101 Å². The molecule has 0 saturated heterocycles. The predicted octanol–water partition coefficient (Wildman–Crippen LogP) is 4.70. The van der Waals surface area contributed by atoms with E-state index in [-0.39, 0.29) is 23.1 Å². The number of nitrogens with one attached hydrogen (secondary N) is 3. The van der Waals surface area contributed by atoms with Gasteiger partial charge in [-0.3, -0.25) is 14.4 Å². The average Bonchev–Trinajstić information content (AvgIpc) is 2.82. The molecule has 0 aromatic heterocycles. The Bertz CT molecular complexity index is 1140. The van der Waals surface area contributed by atoms with Crippen LogP contribution in [0, 0.1) is 6.92 Å². The minimum atomic E-state index is -0.250. The number of hydrogen-bond acceptors (Lipinski definition) is 3. The van der Waals surface area contributed by atoms with Gasteiger partial charge in [0.25, 0.3) is 17.7 Å². The summed E-state index contributed by atoms with van der Waals surface area (Å²) in [5.74, 6) is -0.635. The number of hydrogen-bond donors (Lipinski definition) is 3. The second-order valence-corrected chi connectivity index (χ2v) is 9.24. The van der Waals surface area contributed by atoms with Crippen molar-refractivity contribution in [2.45, 2.75) is 33.1 Å². The zero-order chi connectivity index (χ0) is 24.7. The molecule has 3 aromatic carbocycles. The van der Waals surface area contributed by atoms with Crippen molar-refractivity contribution in [3.63, 3.8) is 0 Å². The minimum Gasteiger partial charge on any atom is -0.350 e. The third kappa shape index (κ3) is 6.78. The molecule has 0 unspecified atom stereocenters. The molecule has 0 saturated carbocycles. The van der Waals surface area contributed by atoms with Crippen LogP contribution >= 0.6 is 0 Å². The zero-order valence-corrected chi connectivity index (χ0v) is 20.1. The largest absolute Gasteiger partial charge is 0.350 e. The average molecular weight is 458 g/mol.